The van der Waals surface area contributed by atoms with Crippen LogP contribution in [0.15, 0.2) is 0 Å². The van der Waals surface area contributed by atoms with Gasteiger partial charge in [-0.15, -0.1) is 0 Å². The summed E-state index contributed by atoms with van der Waals surface area (Å²) in [6.07, 6.45) is 14.3. The lowest BCUT2D eigenvalue weighted by atomic mass is 9.97. The van der Waals surface area contributed by atoms with E-state index in [4.69, 9.17) is 18.9 Å². The quantitative estimate of drug-likeness (QED) is 0.0377. The second kappa shape index (κ2) is 33.5. The van der Waals surface area contributed by atoms with E-state index in [1.807, 2.05) is 0 Å². The number of aliphatic hydroxyl groups is 8. The molecule has 12 atom stereocenters. The summed E-state index contributed by atoms with van der Waals surface area (Å²) in [5.41, 5.74) is 0. The number of rotatable bonds is 36. The molecular weight excluding hydrogens is 762 g/mol. The van der Waals surface area contributed by atoms with Gasteiger partial charge in [-0.3, -0.25) is 4.79 Å². The Morgan fingerprint density at radius 1 is 0.542 bits per heavy atom. The third-order valence-corrected chi connectivity index (χ3v) is 12.1. The van der Waals surface area contributed by atoms with E-state index in [9.17, 15) is 45.6 Å². The van der Waals surface area contributed by atoms with Gasteiger partial charge in [-0.2, -0.15) is 0 Å². The molecular formula is C45H87NO13. The zero-order valence-electron chi connectivity index (χ0n) is 36.8. The zero-order chi connectivity index (χ0) is 43.3. The maximum Gasteiger partial charge on any atom is 0.220 e. The second-order valence-electron chi connectivity index (χ2n) is 17.2. The van der Waals surface area contributed by atoms with Gasteiger partial charge >= 0.3 is 0 Å². The summed E-state index contributed by atoms with van der Waals surface area (Å²) in [4.78, 5) is 13.1. The molecule has 0 aromatic carbocycles. The maximum absolute atomic E-state index is 13.1. The Labute approximate surface area is 355 Å². The van der Waals surface area contributed by atoms with Crippen molar-refractivity contribution in [1.29, 1.82) is 0 Å². The number of ether oxygens (including phenoxy) is 4. The monoisotopic (exact) mass is 850 g/mol. The molecule has 0 aliphatic carbocycles. The summed E-state index contributed by atoms with van der Waals surface area (Å²) >= 11 is 0. The molecule has 2 fully saturated rings. The van der Waals surface area contributed by atoms with Crippen LogP contribution in [-0.4, -0.2) is 140 Å². The van der Waals surface area contributed by atoms with Crippen molar-refractivity contribution in [2.24, 2.45) is 0 Å². The molecule has 14 heteroatoms. The van der Waals surface area contributed by atoms with E-state index in [0.29, 0.717) is 12.8 Å². The number of aliphatic hydroxyl groups excluding tert-OH is 8. The number of carbonyl (C=O) groups is 1. The first-order chi connectivity index (χ1) is 28.6. The van der Waals surface area contributed by atoms with E-state index in [0.717, 1.165) is 51.4 Å². The van der Waals surface area contributed by atoms with E-state index in [-0.39, 0.29) is 12.5 Å². The fraction of sp³-hybridized carbons (Fsp3) is 0.978. The number of nitrogens with one attached hydrogen (secondary N) is 1. The average molecular weight is 850 g/mol. The Kier molecular flexibility index (Phi) is 30.8. The highest BCUT2D eigenvalue weighted by molar-refractivity contribution is 5.76. The second-order valence-corrected chi connectivity index (χ2v) is 17.2. The molecule has 2 rings (SSSR count). The van der Waals surface area contributed by atoms with Gasteiger partial charge in [0.1, 0.15) is 48.8 Å². The molecule has 59 heavy (non-hydrogen) atoms. The Morgan fingerprint density at radius 3 is 1.44 bits per heavy atom. The third kappa shape index (κ3) is 21.8. The van der Waals surface area contributed by atoms with Gasteiger partial charge in [0, 0.05) is 6.42 Å². The molecule has 2 aliphatic rings. The SMILES string of the molecule is CCCCCCCCCCCCCCCCCCCCC(=O)NC(COC1OC(CO)C(OC2OC(CO)C(O)C(O)C2O)C(O)C1O)C(O)CCCCCCCCC. The van der Waals surface area contributed by atoms with Crippen molar-refractivity contribution in [3.8, 4) is 0 Å². The van der Waals surface area contributed by atoms with Crippen molar-refractivity contribution in [3.63, 3.8) is 0 Å². The Bertz CT molecular complexity index is 1010. The minimum Gasteiger partial charge on any atom is -0.394 e. The predicted molar refractivity (Wildman–Crippen MR) is 226 cm³/mol. The van der Waals surface area contributed by atoms with E-state index in [1.165, 1.54) is 109 Å². The average Bonchev–Trinajstić information content (AvgIpc) is 3.23. The van der Waals surface area contributed by atoms with Gasteiger partial charge in [0.2, 0.25) is 5.91 Å². The highest BCUT2D eigenvalue weighted by Gasteiger charge is 2.51. The van der Waals surface area contributed by atoms with Crippen molar-refractivity contribution in [2.75, 3.05) is 19.8 Å². The first-order valence-electron chi connectivity index (χ1n) is 23.8. The van der Waals surface area contributed by atoms with Gasteiger partial charge in [0.05, 0.1) is 32.0 Å². The van der Waals surface area contributed by atoms with Crippen molar-refractivity contribution >= 4 is 5.91 Å². The van der Waals surface area contributed by atoms with Crippen LogP contribution in [0.2, 0.25) is 0 Å². The molecule has 1 amide bonds. The lowest BCUT2D eigenvalue weighted by Gasteiger charge is -2.46. The first kappa shape index (κ1) is 54.1. The maximum atomic E-state index is 13.1. The molecule has 0 spiro atoms. The fourth-order valence-corrected chi connectivity index (χ4v) is 8.12. The summed E-state index contributed by atoms with van der Waals surface area (Å²) in [7, 11) is 0. The van der Waals surface area contributed by atoms with Gasteiger partial charge in [-0.1, -0.05) is 168 Å². The molecule has 350 valence electrons. The molecule has 0 radical (unpaired) electrons. The minimum atomic E-state index is -1.78. The molecule has 0 aromatic rings. The minimum absolute atomic E-state index is 0.208. The standard InChI is InChI=1S/C45H87NO13/c1-3-5-7-9-11-12-13-14-15-16-17-18-19-20-21-23-25-27-29-37(50)46-33(34(49)28-26-24-22-10-8-6-4-2)32-56-44-42(55)40(53)43(36(31-48)58-44)59-45-41(54)39(52)38(51)35(30-47)57-45/h33-36,38-45,47-49,51-55H,3-32H2,1-2H3,(H,46,50). The van der Waals surface area contributed by atoms with Gasteiger partial charge in [-0.25, -0.2) is 0 Å². The molecule has 0 bridgehead atoms. The van der Waals surface area contributed by atoms with E-state index < -0.39 is 86.8 Å². The molecule has 2 saturated heterocycles. The van der Waals surface area contributed by atoms with Crippen molar-refractivity contribution in [2.45, 2.75) is 261 Å². The number of carbonyl (C=O) groups excluding carboxylic acids is 1. The largest absolute Gasteiger partial charge is 0.394 e. The highest BCUT2D eigenvalue weighted by atomic mass is 16.7. The first-order valence-corrected chi connectivity index (χ1v) is 23.8. The fourth-order valence-electron chi connectivity index (χ4n) is 8.12. The van der Waals surface area contributed by atoms with Crippen molar-refractivity contribution in [1.82, 2.24) is 5.32 Å². The van der Waals surface area contributed by atoms with Crippen LogP contribution in [0, 0.1) is 0 Å². The van der Waals surface area contributed by atoms with Gasteiger partial charge in [-0.05, 0) is 12.8 Å². The van der Waals surface area contributed by atoms with Crippen LogP contribution in [-0.2, 0) is 23.7 Å². The number of hydrogen-bond acceptors (Lipinski definition) is 13. The van der Waals surface area contributed by atoms with Gasteiger partial charge in [0.15, 0.2) is 12.6 Å². The Hall–Kier alpha value is -1.01. The summed E-state index contributed by atoms with van der Waals surface area (Å²) < 4.78 is 22.6. The van der Waals surface area contributed by atoms with Crippen LogP contribution in [0.25, 0.3) is 0 Å². The van der Waals surface area contributed by atoms with E-state index in [1.54, 1.807) is 0 Å². The molecule has 2 heterocycles. The molecule has 9 N–H and O–H groups in total. The molecule has 14 nitrogen and oxygen atoms in total. The predicted octanol–water partition coefficient (Wildman–Crippen LogP) is 5.05. The Morgan fingerprint density at radius 2 is 0.966 bits per heavy atom. The zero-order valence-corrected chi connectivity index (χ0v) is 36.8. The highest BCUT2D eigenvalue weighted by Crippen LogP contribution is 2.30. The summed E-state index contributed by atoms with van der Waals surface area (Å²) in [6, 6.07) is -0.818. The number of amides is 1. The Balaban J connectivity index is 1.78. The van der Waals surface area contributed by atoms with Crippen LogP contribution in [0.4, 0.5) is 0 Å². The summed E-state index contributed by atoms with van der Waals surface area (Å²) in [6.45, 7) is 2.80. The normalized spacial score (nSPS) is 28.4. The molecule has 2 aliphatic heterocycles. The van der Waals surface area contributed by atoms with Crippen molar-refractivity contribution in [3.05, 3.63) is 0 Å². The summed E-state index contributed by atoms with van der Waals surface area (Å²) in [5, 5.41) is 86.4. The van der Waals surface area contributed by atoms with Crippen LogP contribution in [0.1, 0.15) is 187 Å². The number of unbranched alkanes of at least 4 members (excludes halogenated alkanes) is 23. The summed E-state index contributed by atoms with van der Waals surface area (Å²) in [5.74, 6) is -0.208. The van der Waals surface area contributed by atoms with Crippen LogP contribution < -0.4 is 5.32 Å². The molecule has 0 aromatic heterocycles. The third-order valence-electron chi connectivity index (χ3n) is 12.1. The van der Waals surface area contributed by atoms with Gasteiger partial charge < -0.3 is 65.1 Å². The smallest absolute Gasteiger partial charge is 0.220 e. The van der Waals surface area contributed by atoms with E-state index >= 15 is 0 Å². The lowest BCUT2D eigenvalue weighted by molar-refractivity contribution is -0.359. The number of hydrogen-bond donors (Lipinski definition) is 9. The van der Waals surface area contributed by atoms with Crippen LogP contribution in [0.3, 0.4) is 0 Å². The lowest BCUT2D eigenvalue weighted by Crippen LogP contribution is -2.65. The van der Waals surface area contributed by atoms with Gasteiger partial charge in [0.25, 0.3) is 0 Å². The topological polar surface area (TPSA) is 228 Å². The van der Waals surface area contributed by atoms with Crippen LogP contribution in [0.5, 0.6) is 0 Å². The molecule has 0 saturated carbocycles. The molecule has 12 unspecified atom stereocenters. The van der Waals surface area contributed by atoms with E-state index in [2.05, 4.69) is 19.2 Å². The van der Waals surface area contributed by atoms with Crippen molar-refractivity contribution < 1.29 is 64.6 Å². The van der Waals surface area contributed by atoms with Crippen LogP contribution >= 0.6 is 0 Å².